The van der Waals surface area contributed by atoms with Gasteiger partial charge in [0.15, 0.2) is 0 Å². The fourth-order valence-electron chi connectivity index (χ4n) is 1.17. The first-order valence-electron chi connectivity index (χ1n) is 5.15. The number of thiol groups is 1. The van der Waals surface area contributed by atoms with Gasteiger partial charge in [0.1, 0.15) is 0 Å². The van der Waals surface area contributed by atoms with E-state index in [9.17, 15) is 4.79 Å². The minimum atomic E-state index is -1.51. The van der Waals surface area contributed by atoms with E-state index < -0.39 is 13.1 Å². The summed E-state index contributed by atoms with van der Waals surface area (Å²) >= 11 is 4.01. The van der Waals surface area contributed by atoms with E-state index in [4.69, 9.17) is 10.0 Å². The maximum absolute atomic E-state index is 11.5. The zero-order valence-electron chi connectivity index (χ0n) is 9.47. The summed E-state index contributed by atoms with van der Waals surface area (Å²) in [6.45, 7) is 5.67. The molecule has 0 unspecified atom stereocenters. The summed E-state index contributed by atoms with van der Waals surface area (Å²) in [7, 11) is -1.51. The third-order valence-corrected chi connectivity index (χ3v) is 2.68. The van der Waals surface area contributed by atoms with Gasteiger partial charge in [0.05, 0.1) is 5.94 Å². The Kier molecular flexibility index (Phi) is 7.05. The van der Waals surface area contributed by atoms with Crippen LogP contribution in [0.5, 0.6) is 0 Å². The Morgan fingerprint density at radius 3 is 2.27 bits per heavy atom. The topological polar surface area (TPSA) is 69.6 Å². The summed E-state index contributed by atoms with van der Waals surface area (Å²) in [4.78, 5) is 11.5. The van der Waals surface area contributed by atoms with E-state index in [2.05, 4.69) is 17.9 Å². The van der Waals surface area contributed by atoms with Crippen LogP contribution in [0.1, 0.15) is 27.2 Å². The molecule has 3 N–H and O–H groups in total. The van der Waals surface area contributed by atoms with Crippen LogP contribution in [-0.4, -0.2) is 34.8 Å². The van der Waals surface area contributed by atoms with E-state index >= 15 is 0 Å². The maximum Gasteiger partial charge on any atom is 0.475 e. The molecular weight excluding hydrogens is 213 g/mol. The molecule has 0 fully saturated rings. The minimum absolute atomic E-state index is 0.191. The van der Waals surface area contributed by atoms with E-state index in [0.717, 1.165) is 0 Å². The molecule has 0 radical (unpaired) electrons. The van der Waals surface area contributed by atoms with Gasteiger partial charge in [-0.2, -0.15) is 12.6 Å². The Hall–Kier alpha value is -0.195. The number of nitrogens with one attached hydrogen (secondary N) is 1. The van der Waals surface area contributed by atoms with Crippen LogP contribution in [0.3, 0.4) is 0 Å². The summed E-state index contributed by atoms with van der Waals surface area (Å²) in [5.41, 5.74) is 0. The largest absolute Gasteiger partial charge is 0.475 e. The molecule has 0 bridgehead atoms. The van der Waals surface area contributed by atoms with Crippen molar-refractivity contribution in [2.45, 2.75) is 33.1 Å². The molecule has 0 aromatic carbocycles. The first-order valence-corrected chi connectivity index (χ1v) is 5.79. The zero-order chi connectivity index (χ0) is 12.0. The van der Waals surface area contributed by atoms with Gasteiger partial charge in [-0.3, -0.25) is 4.79 Å². The summed E-state index contributed by atoms with van der Waals surface area (Å²) in [6.07, 6.45) is 0.544. The van der Waals surface area contributed by atoms with E-state index in [0.29, 0.717) is 18.1 Å². The molecule has 88 valence electrons. The molecule has 4 nitrogen and oxygen atoms in total. The second-order valence-corrected chi connectivity index (χ2v) is 4.61. The molecule has 0 aliphatic heterocycles. The van der Waals surface area contributed by atoms with Crippen LogP contribution in [0.15, 0.2) is 0 Å². The van der Waals surface area contributed by atoms with Crippen molar-refractivity contribution in [2.24, 2.45) is 11.8 Å². The number of carbonyl (C=O) groups excluding carboxylic acids is 1. The fraction of sp³-hybridized carbons (Fsp3) is 0.889. The number of carbonyl (C=O) groups is 1. The SMILES string of the molecule is CC(C)C[C@H](NC(=O)[C@H](C)CS)B(O)O. The lowest BCUT2D eigenvalue weighted by atomic mass is 9.75. The van der Waals surface area contributed by atoms with Gasteiger partial charge >= 0.3 is 7.12 Å². The Labute approximate surface area is 97.0 Å². The molecule has 0 heterocycles. The van der Waals surface area contributed by atoms with Crippen molar-refractivity contribution in [1.29, 1.82) is 0 Å². The van der Waals surface area contributed by atoms with Crippen LogP contribution >= 0.6 is 12.6 Å². The highest BCUT2D eigenvalue weighted by Crippen LogP contribution is 2.07. The Balaban J connectivity index is 4.22. The van der Waals surface area contributed by atoms with Gasteiger partial charge in [0, 0.05) is 11.7 Å². The molecule has 6 heteroatoms. The highest BCUT2D eigenvalue weighted by molar-refractivity contribution is 7.80. The normalized spacial score (nSPS) is 14.9. The minimum Gasteiger partial charge on any atom is -0.426 e. The molecule has 0 aliphatic carbocycles. The molecule has 0 saturated carbocycles. The first kappa shape index (κ1) is 14.8. The monoisotopic (exact) mass is 233 g/mol. The predicted molar refractivity (Wildman–Crippen MR) is 64.6 cm³/mol. The van der Waals surface area contributed by atoms with Crippen molar-refractivity contribution in [3.8, 4) is 0 Å². The van der Waals surface area contributed by atoms with Crippen molar-refractivity contribution in [3.63, 3.8) is 0 Å². The van der Waals surface area contributed by atoms with Crippen molar-refractivity contribution >= 4 is 25.7 Å². The lowest BCUT2D eigenvalue weighted by molar-refractivity contribution is -0.124. The molecule has 15 heavy (non-hydrogen) atoms. The van der Waals surface area contributed by atoms with Gasteiger partial charge in [-0.1, -0.05) is 20.8 Å². The first-order chi connectivity index (χ1) is 6.88. The summed E-state index contributed by atoms with van der Waals surface area (Å²) in [6, 6.07) is 0. The van der Waals surface area contributed by atoms with Crippen LogP contribution in [0.2, 0.25) is 0 Å². The second-order valence-electron chi connectivity index (χ2n) is 4.24. The van der Waals surface area contributed by atoms with Crippen molar-refractivity contribution in [3.05, 3.63) is 0 Å². The molecule has 0 rings (SSSR count). The van der Waals surface area contributed by atoms with E-state index in [1.807, 2.05) is 13.8 Å². The van der Waals surface area contributed by atoms with Crippen molar-refractivity contribution in [2.75, 3.05) is 5.75 Å². The van der Waals surface area contributed by atoms with Gasteiger partial charge in [0.25, 0.3) is 0 Å². The van der Waals surface area contributed by atoms with E-state index in [1.54, 1.807) is 6.92 Å². The predicted octanol–water partition coefficient (Wildman–Crippen LogP) is 0.0952. The summed E-state index contributed by atoms with van der Waals surface area (Å²) < 4.78 is 0. The van der Waals surface area contributed by atoms with Crippen LogP contribution < -0.4 is 5.32 Å². The highest BCUT2D eigenvalue weighted by atomic mass is 32.1. The van der Waals surface area contributed by atoms with E-state index in [-0.39, 0.29) is 11.8 Å². The fourth-order valence-corrected chi connectivity index (χ4v) is 1.34. The van der Waals surface area contributed by atoms with Crippen molar-refractivity contribution < 1.29 is 14.8 Å². The van der Waals surface area contributed by atoms with Crippen LogP contribution in [0, 0.1) is 11.8 Å². The third-order valence-electron chi connectivity index (χ3n) is 2.13. The van der Waals surface area contributed by atoms with Crippen molar-refractivity contribution in [1.82, 2.24) is 5.32 Å². The second kappa shape index (κ2) is 7.14. The average Bonchev–Trinajstić information content (AvgIpc) is 2.14. The highest BCUT2D eigenvalue weighted by Gasteiger charge is 2.27. The third kappa shape index (κ3) is 6.07. The van der Waals surface area contributed by atoms with E-state index in [1.165, 1.54) is 0 Å². The van der Waals surface area contributed by atoms with Crippen LogP contribution in [-0.2, 0) is 4.79 Å². The molecular formula is C9H20BNO3S. The van der Waals surface area contributed by atoms with Gasteiger partial charge < -0.3 is 15.4 Å². The van der Waals surface area contributed by atoms with Gasteiger partial charge in [-0.15, -0.1) is 0 Å². The molecule has 0 aromatic heterocycles. The number of rotatable bonds is 6. The lowest BCUT2D eigenvalue weighted by Gasteiger charge is -2.21. The standard InChI is InChI=1S/C9H20BNO3S/c1-6(2)4-8(10(13)14)11-9(12)7(3)5-15/h6-8,13-15H,4-5H2,1-3H3,(H,11,12)/t7-,8+/m1/s1. The van der Waals surface area contributed by atoms with Gasteiger partial charge in [-0.05, 0) is 12.3 Å². The summed E-state index contributed by atoms with van der Waals surface area (Å²) in [5.74, 6) is -0.268. The smallest absolute Gasteiger partial charge is 0.426 e. The zero-order valence-corrected chi connectivity index (χ0v) is 10.4. The Morgan fingerprint density at radius 2 is 1.93 bits per heavy atom. The van der Waals surface area contributed by atoms with Crippen LogP contribution in [0.25, 0.3) is 0 Å². The lowest BCUT2D eigenvalue weighted by Crippen LogP contribution is -2.49. The number of hydrogen-bond acceptors (Lipinski definition) is 4. The molecule has 2 atom stereocenters. The maximum atomic E-state index is 11.5. The Bertz CT molecular complexity index is 202. The Morgan fingerprint density at radius 1 is 1.40 bits per heavy atom. The van der Waals surface area contributed by atoms with Gasteiger partial charge in [0.2, 0.25) is 5.91 Å². The molecule has 0 aromatic rings. The molecule has 1 amide bonds. The number of amides is 1. The van der Waals surface area contributed by atoms with Crippen LogP contribution in [0.4, 0.5) is 0 Å². The summed E-state index contributed by atoms with van der Waals surface area (Å²) in [5, 5.41) is 20.8. The average molecular weight is 233 g/mol. The number of hydrogen-bond donors (Lipinski definition) is 4. The quantitative estimate of drug-likeness (QED) is 0.388. The van der Waals surface area contributed by atoms with Gasteiger partial charge in [-0.25, -0.2) is 0 Å². The molecule has 0 aliphatic rings. The molecule has 0 saturated heterocycles. The molecule has 0 spiro atoms.